The van der Waals surface area contributed by atoms with Gasteiger partial charge in [0.05, 0.1) is 12.6 Å². The number of nitrogens with one attached hydrogen (secondary N) is 3. The largest absolute Gasteiger partial charge is 0.480 e. The van der Waals surface area contributed by atoms with Crippen molar-refractivity contribution in [1.82, 2.24) is 15.6 Å². The van der Waals surface area contributed by atoms with E-state index in [1.165, 1.54) is 0 Å². The molecule has 2 aromatic carbocycles. The summed E-state index contributed by atoms with van der Waals surface area (Å²) in [5, 5.41) is 16.7. The zero-order valence-corrected chi connectivity index (χ0v) is 21.8. The molecule has 1 aromatic heterocycles. The van der Waals surface area contributed by atoms with Crippen molar-refractivity contribution in [3.8, 4) is 0 Å². The van der Waals surface area contributed by atoms with Crippen LogP contribution in [0.1, 0.15) is 43.7 Å². The zero-order chi connectivity index (χ0) is 27.3. The molecule has 1 heterocycles. The second kappa shape index (κ2) is 14.9. The molecule has 0 fully saturated rings. The molecular weight excluding hydrogens is 484 g/mol. The molecule has 38 heavy (non-hydrogen) atoms. The highest BCUT2D eigenvalue weighted by atomic mass is 16.5. The normalized spacial score (nSPS) is 13.5. The average molecular weight is 523 g/mol. The molecule has 0 radical (unpaired) electrons. The van der Waals surface area contributed by atoms with E-state index in [0.29, 0.717) is 38.6 Å². The van der Waals surface area contributed by atoms with Crippen LogP contribution in [0, 0.1) is 0 Å². The number of unbranched alkanes of at least 4 members (excludes halogenated alkanes) is 1. The van der Waals surface area contributed by atoms with Gasteiger partial charge in [-0.2, -0.15) is 0 Å². The lowest BCUT2D eigenvalue weighted by Crippen LogP contribution is -2.55. The topological polar surface area (TPSA) is 147 Å². The number of carboxylic acid groups (broad SMARTS) is 1. The Morgan fingerprint density at radius 1 is 0.974 bits per heavy atom. The van der Waals surface area contributed by atoms with Gasteiger partial charge in [-0.15, -0.1) is 0 Å². The Hall–Kier alpha value is -3.69. The number of esters is 1. The molecule has 204 valence electrons. The predicted octanol–water partition coefficient (Wildman–Crippen LogP) is 2.93. The van der Waals surface area contributed by atoms with Gasteiger partial charge in [-0.1, -0.05) is 55.0 Å². The number of nitrogens with two attached hydrogens (primary N) is 1. The Morgan fingerprint density at radius 3 is 2.42 bits per heavy atom. The van der Waals surface area contributed by atoms with Gasteiger partial charge in [0, 0.05) is 23.5 Å². The molecule has 3 aromatic rings. The number of H-pyrrole nitrogens is 1. The Balaban J connectivity index is 1.74. The molecule has 0 bridgehead atoms. The summed E-state index contributed by atoms with van der Waals surface area (Å²) >= 11 is 0. The van der Waals surface area contributed by atoms with E-state index in [2.05, 4.69) is 15.6 Å². The number of rotatable bonds is 16. The van der Waals surface area contributed by atoms with Crippen LogP contribution in [0.25, 0.3) is 10.9 Å². The first kappa shape index (κ1) is 28.9. The summed E-state index contributed by atoms with van der Waals surface area (Å²) in [7, 11) is 0. The zero-order valence-electron chi connectivity index (χ0n) is 21.8. The fraction of sp³-hybridized carbons (Fsp3) is 0.414. The van der Waals surface area contributed by atoms with Gasteiger partial charge in [0.1, 0.15) is 12.1 Å². The lowest BCUT2D eigenvalue weighted by Gasteiger charge is -2.26. The van der Waals surface area contributed by atoms with Gasteiger partial charge in [0.25, 0.3) is 0 Å². The van der Waals surface area contributed by atoms with Crippen LogP contribution in [-0.2, 0) is 32.0 Å². The molecule has 9 nitrogen and oxygen atoms in total. The van der Waals surface area contributed by atoms with Crippen molar-refractivity contribution in [2.75, 3.05) is 13.2 Å². The minimum atomic E-state index is -1.13. The van der Waals surface area contributed by atoms with E-state index in [-0.39, 0.29) is 13.0 Å². The van der Waals surface area contributed by atoms with Crippen LogP contribution >= 0.6 is 0 Å². The van der Waals surface area contributed by atoms with Gasteiger partial charge in [-0.3, -0.25) is 14.9 Å². The molecule has 0 aliphatic carbocycles. The third kappa shape index (κ3) is 8.43. The maximum Gasteiger partial charge on any atom is 0.326 e. The lowest BCUT2D eigenvalue weighted by molar-refractivity contribution is -0.147. The molecule has 0 unspecified atom stereocenters. The molecule has 0 aliphatic heterocycles. The van der Waals surface area contributed by atoms with Crippen LogP contribution in [0.3, 0.4) is 0 Å². The molecule has 0 saturated carbocycles. The molecule has 1 amide bonds. The number of carbonyl (C=O) groups is 3. The van der Waals surface area contributed by atoms with Crippen molar-refractivity contribution in [2.45, 2.75) is 63.6 Å². The summed E-state index contributed by atoms with van der Waals surface area (Å²) in [6, 6.07) is 14.7. The smallest absolute Gasteiger partial charge is 0.326 e. The molecule has 0 aliphatic rings. The summed E-state index contributed by atoms with van der Waals surface area (Å²) in [4.78, 5) is 41.5. The van der Waals surface area contributed by atoms with Gasteiger partial charge in [0.15, 0.2) is 0 Å². The van der Waals surface area contributed by atoms with Crippen LogP contribution < -0.4 is 16.4 Å². The van der Waals surface area contributed by atoms with Gasteiger partial charge in [0.2, 0.25) is 5.91 Å². The first-order chi connectivity index (χ1) is 18.4. The lowest BCUT2D eigenvalue weighted by atomic mass is 10.0. The van der Waals surface area contributed by atoms with E-state index >= 15 is 0 Å². The second-order valence-corrected chi connectivity index (χ2v) is 9.30. The molecule has 3 atom stereocenters. The number of carbonyl (C=O) groups excluding carboxylic acids is 2. The highest BCUT2D eigenvalue weighted by Crippen LogP contribution is 2.19. The number of aromatic amines is 1. The Labute approximate surface area is 223 Å². The number of aliphatic carboxylic acids is 1. The number of amides is 1. The van der Waals surface area contributed by atoms with Crippen LogP contribution in [0.4, 0.5) is 0 Å². The van der Waals surface area contributed by atoms with Crippen molar-refractivity contribution in [3.05, 3.63) is 71.9 Å². The van der Waals surface area contributed by atoms with Crippen LogP contribution in [0.2, 0.25) is 0 Å². The quantitative estimate of drug-likeness (QED) is 0.144. The van der Waals surface area contributed by atoms with Crippen molar-refractivity contribution in [2.24, 2.45) is 5.73 Å². The second-order valence-electron chi connectivity index (χ2n) is 9.30. The predicted molar refractivity (Wildman–Crippen MR) is 147 cm³/mol. The van der Waals surface area contributed by atoms with E-state index in [9.17, 15) is 19.5 Å². The van der Waals surface area contributed by atoms with Crippen molar-refractivity contribution in [3.63, 3.8) is 0 Å². The van der Waals surface area contributed by atoms with E-state index < -0.39 is 36.0 Å². The fourth-order valence-electron chi connectivity index (χ4n) is 4.49. The van der Waals surface area contributed by atoms with Crippen molar-refractivity contribution in [1.29, 1.82) is 0 Å². The van der Waals surface area contributed by atoms with E-state index in [1.54, 1.807) is 13.1 Å². The van der Waals surface area contributed by atoms with E-state index in [4.69, 9.17) is 10.5 Å². The number of ether oxygens (including phenoxy) is 1. The van der Waals surface area contributed by atoms with Crippen molar-refractivity contribution >= 4 is 28.7 Å². The summed E-state index contributed by atoms with van der Waals surface area (Å²) < 4.78 is 5.28. The summed E-state index contributed by atoms with van der Waals surface area (Å²) in [6.45, 7) is 2.43. The summed E-state index contributed by atoms with van der Waals surface area (Å²) in [5.74, 6) is -2.03. The van der Waals surface area contributed by atoms with Gasteiger partial charge in [-0.25, -0.2) is 4.79 Å². The van der Waals surface area contributed by atoms with Gasteiger partial charge < -0.3 is 25.9 Å². The van der Waals surface area contributed by atoms with Gasteiger partial charge in [-0.05, 0) is 56.3 Å². The van der Waals surface area contributed by atoms with E-state index in [1.807, 2.05) is 54.6 Å². The summed E-state index contributed by atoms with van der Waals surface area (Å²) in [5.41, 5.74) is 8.42. The van der Waals surface area contributed by atoms with Crippen molar-refractivity contribution < 1.29 is 24.2 Å². The Kier molecular flexibility index (Phi) is 11.3. The maximum absolute atomic E-state index is 13.4. The number of aryl methyl sites for hydroxylation is 1. The first-order valence-corrected chi connectivity index (χ1v) is 13.2. The molecule has 9 heteroatoms. The molecule has 6 N–H and O–H groups in total. The third-order valence-electron chi connectivity index (χ3n) is 6.51. The first-order valence-electron chi connectivity index (χ1n) is 13.2. The van der Waals surface area contributed by atoms with E-state index in [0.717, 1.165) is 22.0 Å². The average Bonchev–Trinajstić information content (AvgIpc) is 3.33. The molecule has 0 spiro atoms. The minimum absolute atomic E-state index is 0.121. The standard InChI is InChI=1S/C29H38N4O5/c1-2-38-29(37)25(16-15-20-10-4-3-5-11-20)32-24(14-8-9-17-30)27(34)33-26(28(35)36)18-21-19-31-23-13-7-6-12-22(21)23/h3-7,10-13,19,24-26,31-32H,2,8-9,14-18,30H2,1H3,(H,33,34)(H,35,36)/t24-,25-,26-/m0/s1. The van der Waals surface area contributed by atoms with Crippen LogP contribution in [-0.4, -0.2) is 59.2 Å². The number of para-hydroxylation sites is 1. The van der Waals surface area contributed by atoms with Crippen LogP contribution in [0.15, 0.2) is 60.8 Å². The fourth-order valence-corrected chi connectivity index (χ4v) is 4.49. The number of carboxylic acids is 1. The number of hydrogen-bond acceptors (Lipinski definition) is 6. The van der Waals surface area contributed by atoms with Gasteiger partial charge >= 0.3 is 11.9 Å². The Bertz CT molecular complexity index is 1180. The number of benzene rings is 2. The SMILES string of the molecule is CCOC(=O)[C@H](CCc1ccccc1)N[C@@H](CCCCN)C(=O)N[C@@H](Cc1c[nH]c2ccccc12)C(=O)O. The third-order valence-corrected chi connectivity index (χ3v) is 6.51. The molecule has 3 rings (SSSR count). The number of hydrogen-bond donors (Lipinski definition) is 5. The number of aromatic nitrogens is 1. The number of fused-ring (bicyclic) bond motifs is 1. The van der Waals surface area contributed by atoms with Crippen LogP contribution in [0.5, 0.6) is 0 Å². The minimum Gasteiger partial charge on any atom is -0.480 e. The molecule has 0 saturated heterocycles. The molecular formula is C29H38N4O5. The highest BCUT2D eigenvalue weighted by molar-refractivity contribution is 5.89. The maximum atomic E-state index is 13.4. The Morgan fingerprint density at radius 2 is 1.71 bits per heavy atom. The monoisotopic (exact) mass is 522 g/mol. The highest BCUT2D eigenvalue weighted by Gasteiger charge is 2.30. The summed E-state index contributed by atoms with van der Waals surface area (Å²) in [6.07, 6.45) is 4.70.